The van der Waals surface area contributed by atoms with Gasteiger partial charge in [-0.2, -0.15) is 0 Å². The molecule has 1 aromatic carbocycles. The molecule has 1 rings (SSSR count). The van der Waals surface area contributed by atoms with Crippen molar-refractivity contribution in [3.63, 3.8) is 0 Å². The predicted molar refractivity (Wildman–Crippen MR) is 82.7 cm³/mol. The standard InChI is InChI=1S/C15H23NO3S/c1-3-15(10-17,11-18)16-14(19)9-20-8-13-6-4-5-12(2)7-13/h4-7,17-18H,3,8-11H2,1-2H3,(H,16,19). The number of nitrogens with one attached hydrogen (secondary N) is 1. The maximum absolute atomic E-state index is 11.8. The molecule has 0 saturated heterocycles. The number of aliphatic hydroxyl groups is 2. The molecule has 1 amide bonds. The Labute approximate surface area is 124 Å². The van der Waals surface area contributed by atoms with E-state index in [0.29, 0.717) is 12.2 Å². The molecular formula is C15H23NO3S. The second kappa shape index (κ2) is 8.29. The van der Waals surface area contributed by atoms with Gasteiger partial charge in [0.15, 0.2) is 0 Å². The fourth-order valence-electron chi connectivity index (χ4n) is 1.84. The van der Waals surface area contributed by atoms with Crippen LogP contribution in [0.4, 0.5) is 0 Å². The lowest BCUT2D eigenvalue weighted by Gasteiger charge is -2.29. The maximum atomic E-state index is 11.8. The first kappa shape index (κ1) is 17.0. The highest BCUT2D eigenvalue weighted by Crippen LogP contribution is 2.14. The normalized spacial score (nSPS) is 11.4. The van der Waals surface area contributed by atoms with E-state index in [1.54, 1.807) is 0 Å². The summed E-state index contributed by atoms with van der Waals surface area (Å²) in [5, 5.41) is 21.3. The van der Waals surface area contributed by atoms with Gasteiger partial charge in [-0.3, -0.25) is 4.79 Å². The predicted octanol–water partition coefficient (Wildman–Crippen LogP) is 1.48. The van der Waals surface area contributed by atoms with Gasteiger partial charge in [0.2, 0.25) is 5.91 Å². The molecule has 0 spiro atoms. The highest BCUT2D eigenvalue weighted by Gasteiger charge is 2.28. The summed E-state index contributed by atoms with van der Waals surface area (Å²) in [5.41, 5.74) is 1.49. The van der Waals surface area contributed by atoms with Crippen LogP contribution in [0.5, 0.6) is 0 Å². The minimum atomic E-state index is -0.902. The van der Waals surface area contributed by atoms with Gasteiger partial charge in [-0.15, -0.1) is 11.8 Å². The summed E-state index contributed by atoms with van der Waals surface area (Å²) in [6.45, 7) is 3.36. The molecule has 0 aliphatic heterocycles. The van der Waals surface area contributed by atoms with E-state index in [2.05, 4.69) is 11.4 Å². The van der Waals surface area contributed by atoms with Gasteiger partial charge in [-0.25, -0.2) is 0 Å². The van der Waals surface area contributed by atoms with Gasteiger partial charge >= 0.3 is 0 Å². The van der Waals surface area contributed by atoms with Crippen molar-refractivity contribution >= 4 is 17.7 Å². The van der Waals surface area contributed by atoms with Gasteiger partial charge in [0.05, 0.1) is 24.5 Å². The number of benzene rings is 1. The minimum Gasteiger partial charge on any atom is -0.394 e. The topological polar surface area (TPSA) is 69.6 Å². The zero-order valence-corrected chi connectivity index (χ0v) is 12.9. The second-order valence-corrected chi connectivity index (χ2v) is 5.97. The van der Waals surface area contributed by atoms with Gasteiger partial charge < -0.3 is 15.5 Å². The minimum absolute atomic E-state index is 0.160. The third kappa shape index (κ3) is 5.15. The van der Waals surface area contributed by atoms with E-state index in [1.807, 2.05) is 32.0 Å². The first-order valence-corrected chi connectivity index (χ1v) is 7.86. The van der Waals surface area contributed by atoms with E-state index in [4.69, 9.17) is 0 Å². The summed E-state index contributed by atoms with van der Waals surface area (Å²) < 4.78 is 0. The van der Waals surface area contributed by atoms with Crippen molar-refractivity contribution in [2.24, 2.45) is 0 Å². The van der Waals surface area contributed by atoms with Gasteiger partial charge in [-0.1, -0.05) is 36.8 Å². The summed E-state index contributed by atoms with van der Waals surface area (Å²) in [4.78, 5) is 11.8. The number of rotatable bonds is 8. The number of carbonyl (C=O) groups excluding carboxylic acids is 1. The van der Waals surface area contributed by atoms with Crippen molar-refractivity contribution in [2.75, 3.05) is 19.0 Å². The average Bonchev–Trinajstić information content (AvgIpc) is 2.45. The molecule has 0 aromatic heterocycles. The molecule has 0 radical (unpaired) electrons. The zero-order chi connectivity index (χ0) is 15.0. The Kier molecular flexibility index (Phi) is 7.05. The van der Waals surface area contributed by atoms with E-state index in [0.717, 1.165) is 5.75 Å². The summed E-state index contributed by atoms with van der Waals surface area (Å²) in [6.07, 6.45) is 0.494. The SMILES string of the molecule is CCC(CO)(CO)NC(=O)CSCc1cccc(C)c1. The lowest BCUT2D eigenvalue weighted by Crippen LogP contribution is -2.54. The molecule has 0 bridgehead atoms. The molecule has 0 fully saturated rings. The fraction of sp³-hybridized carbons (Fsp3) is 0.533. The molecule has 0 atom stereocenters. The molecule has 112 valence electrons. The lowest BCUT2D eigenvalue weighted by molar-refractivity contribution is -0.121. The van der Waals surface area contributed by atoms with Gasteiger partial charge in [0, 0.05) is 5.75 Å². The van der Waals surface area contributed by atoms with Crippen LogP contribution in [0.25, 0.3) is 0 Å². The van der Waals surface area contributed by atoms with Gasteiger partial charge in [0.1, 0.15) is 0 Å². The molecule has 3 N–H and O–H groups in total. The first-order valence-electron chi connectivity index (χ1n) is 6.71. The number of aliphatic hydroxyl groups excluding tert-OH is 2. The van der Waals surface area contributed by atoms with Crippen molar-refractivity contribution in [3.05, 3.63) is 35.4 Å². The number of hydrogen-bond acceptors (Lipinski definition) is 4. The number of carbonyl (C=O) groups is 1. The third-order valence-corrected chi connectivity index (χ3v) is 4.27. The Bertz CT molecular complexity index is 425. The van der Waals surface area contributed by atoms with Crippen LogP contribution in [0.2, 0.25) is 0 Å². The highest BCUT2D eigenvalue weighted by molar-refractivity contribution is 7.99. The van der Waals surface area contributed by atoms with Crippen LogP contribution in [-0.4, -0.2) is 40.6 Å². The summed E-state index contributed by atoms with van der Waals surface area (Å²) in [5.74, 6) is 0.926. The Morgan fingerprint density at radius 1 is 1.35 bits per heavy atom. The first-order chi connectivity index (χ1) is 9.55. The van der Waals surface area contributed by atoms with Crippen molar-refractivity contribution < 1.29 is 15.0 Å². The molecule has 0 aliphatic carbocycles. The zero-order valence-electron chi connectivity index (χ0n) is 12.1. The van der Waals surface area contributed by atoms with Crippen molar-refractivity contribution in [1.82, 2.24) is 5.32 Å². The Balaban J connectivity index is 2.40. The van der Waals surface area contributed by atoms with E-state index in [9.17, 15) is 15.0 Å². The number of amides is 1. The molecule has 0 aliphatic rings. The van der Waals surface area contributed by atoms with E-state index >= 15 is 0 Å². The second-order valence-electron chi connectivity index (χ2n) is 4.98. The van der Waals surface area contributed by atoms with E-state index < -0.39 is 5.54 Å². The van der Waals surface area contributed by atoms with E-state index in [1.165, 1.54) is 22.9 Å². The van der Waals surface area contributed by atoms with Gasteiger partial charge in [0.25, 0.3) is 0 Å². The van der Waals surface area contributed by atoms with Crippen LogP contribution in [0.15, 0.2) is 24.3 Å². The largest absolute Gasteiger partial charge is 0.394 e. The monoisotopic (exact) mass is 297 g/mol. The van der Waals surface area contributed by atoms with Crippen molar-refractivity contribution in [1.29, 1.82) is 0 Å². The quantitative estimate of drug-likeness (QED) is 0.680. The molecular weight excluding hydrogens is 274 g/mol. The van der Waals surface area contributed by atoms with Crippen LogP contribution in [-0.2, 0) is 10.5 Å². The van der Waals surface area contributed by atoms with Crippen LogP contribution in [0, 0.1) is 6.92 Å². The number of aryl methyl sites for hydroxylation is 1. The highest BCUT2D eigenvalue weighted by atomic mass is 32.2. The molecule has 1 aromatic rings. The Morgan fingerprint density at radius 3 is 2.60 bits per heavy atom. The molecule has 4 nitrogen and oxygen atoms in total. The Hall–Kier alpha value is -1.04. The molecule has 0 unspecified atom stereocenters. The Morgan fingerprint density at radius 2 is 2.05 bits per heavy atom. The summed E-state index contributed by atoms with van der Waals surface area (Å²) in [6, 6.07) is 8.18. The fourth-order valence-corrected chi connectivity index (χ4v) is 2.61. The number of thioether (sulfide) groups is 1. The molecule has 20 heavy (non-hydrogen) atoms. The molecule has 5 heteroatoms. The molecule has 0 heterocycles. The average molecular weight is 297 g/mol. The van der Waals surface area contributed by atoms with Crippen LogP contribution in [0.3, 0.4) is 0 Å². The van der Waals surface area contributed by atoms with E-state index in [-0.39, 0.29) is 19.1 Å². The summed E-state index contributed by atoms with van der Waals surface area (Å²) >= 11 is 1.52. The molecule has 0 saturated carbocycles. The van der Waals surface area contributed by atoms with Crippen molar-refractivity contribution in [3.8, 4) is 0 Å². The maximum Gasteiger partial charge on any atom is 0.230 e. The van der Waals surface area contributed by atoms with Crippen LogP contribution in [0.1, 0.15) is 24.5 Å². The van der Waals surface area contributed by atoms with Crippen LogP contribution >= 0.6 is 11.8 Å². The third-order valence-electron chi connectivity index (χ3n) is 3.27. The smallest absolute Gasteiger partial charge is 0.230 e. The number of hydrogen-bond donors (Lipinski definition) is 3. The van der Waals surface area contributed by atoms with Crippen molar-refractivity contribution in [2.45, 2.75) is 31.6 Å². The summed E-state index contributed by atoms with van der Waals surface area (Å²) in [7, 11) is 0. The lowest BCUT2D eigenvalue weighted by atomic mass is 9.99. The van der Waals surface area contributed by atoms with Gasteiger partial charge in [-0.05, 0) is 18.9 Å². The van der Waals surface area contributed by atoms with Crippen LogP contribution < -0.4 is 5.32 Å².